The van der Waals surface area contributed by atoms with Crippen molar-refractivity contribution < 1.29 is 57.9 Å². The van der Waals surface area contributed by atoms with Crippen molar-refractivity contribution in [2.45, 2.75) is 61.4 Å². The van der Waals surface area contributed by atoms with Crippen LogP contribution in [0.25, 0.3) is 0 Å². The Morgan fingerprint density at radius 2 is 1.29 bits per heavy atom. The van der Waals surface area contributed by atoms with E-state index in [9.17, 15) is 35.7 Å². The molecule has 0 radical (unpaired) electrons. The van der Waals surface area contributed by atoms with Gasteiger partial charge in [-0.05, 0) is 0 Å². The first-order valence-corrected chi connectivity index (χ1v) is 7.08. The van der Waals surface area contributed by atoms with Crippen molar-refractivity contribution in [3.05, 3.63) is 0 Å². The zero-order valence-electron chi connectivity index (χ0n) is 14.7. The third-order valence-corrected chi connectivity index (χ3v) is 3.98. The Balaban J connectivity index is 0. The van der Waals surface area contributed by atoms with Gasteiger partial charge in [-0.2, -0.15) is 0 Å². The molecule has 0 amide bonds. The minimum atomic E-state index is -1.74. The van der Waals surface area contributed by atoms with Gasteiger partial charge in [0.15, 0.2) is 12.6 Å². The first-order chi connectivity index (χ1) is 10.8. The summed E-state index contributed by atoms with van der Waals surface area (Å²) in [7, 11) is 0. The molecule has 11 nitrogen and oxygen atoms in total. The summed E-state index contributed by atoms with van der Waals surface area (Å²) in [6, 6.07) is 0. The van der Waals surface area contributed by atoms with Crippen LogP contribution < -0.4 is 0 Å². The third kappa shape index (κ3) is 4.35. The monoisotopic (exact) mass is 368 g/mol. The summed E-state index contributed by atoms with van der Waals surface area (Å²) < 4.78 is 15.3. The van der Waals surface area contributed by atoms with Gasteiger partial charge in [0.1, 0.15) is 48.8 Å². The van der Waals surface area contributed by atoms with Crippen molar-refractivity contribution in [1.82, 2.24) is 0 Å². The van der Waals surface area contributed by atoms with Crippen LogP contribution in [0.4, 0.5) is 0 Å². The van der Waals surface area contributed by atoms with Gasteiger partial charge in [0, 0.05) is 0 Å². The van der Waals surface area contributed by atoms with Gasteiger partial charge in [0.05, 0.1) is 13.2 Å². The fraction of sp³-hybridized carbons (Fsp3) is 1.00. The van der Waals surface area contributed by atoms with E-state index in [2.05, 4.69) is 0 Å². The molecular formula is C12H24MgO11. The van der Waals surface area contributed by atoms with E-state index in [4.69, 9.17) is 19.3 Å². The van der Waals surface area contributed by atoms with E-state index < -0.39 is 74.6 Å². The molecule has 0 aromatic heterocycles. The summed E-state index contributed by atoms with van der Waals surface area (Å²) >= 11 is 0. The number of hydrogen-bond acceptors (Lipinski definition) is 11. The van der Waals surface area contributed by atoms with Gasteiger partial charge in [0.2, 0.25) is 0 Å². The van der Waals surface area contributed by atoms with Crippen molar-refractivity contribution in [3.63, 3.8) is 0 Å². The van der Waals surface area contributed by atoms with Crippen LogP contribution in [-0.2, 0) is 14.2 Å². The quantitative estimate of drug-likeness (QED) is 0.221. The molecular weight excluding hydrogens is 344 g/mol. The molecule has 0 spiro atoms. The zero-order valence-corrected chi connectivity index (χ0v) is 14.1. The van der Waals surface area contributed by atoms with Gasteiger partial charge in [-0.25, -0.2) is 0 Å². The van der Waals surface area contributed by atoms with Crippen LogP contribution in [-0.4, -0.2) is 139 Å². The molecule has 0 aromatic carbocycles. The van der Waals surface area contributed by atoms with E-state index >= 15 is 0 Å². The van der Waals surface area contributed by atoms with Crippen molar-refractivity contribution in [1.29, 1.82) is 0 Å². The molecule has 24 heavy (non-hydrogen) atoms. The molecule has 2 fully saturated rings. The van der Waals surface area contributed by atoms with E-state index in [1.165, 1.54) is 0 Å². The van der Waals surface area contributed by atoms with Gasteiger partial charge >= 0.3 is 23.1 Å². The van der Waals surface area contributed by atoms with Crippen LogP contribution in [0.3, 0.4) is 0 Å². The van der Waals surface area contributed by atoms with E-state index in [0.717, 1.165) is 0 Å². The van der Waals surface area contributed by atoms with Crippen molar-refractivity contribution in [3.8, 4) is 0 Å². The smallest absolute Gasteiger partial charge is 1.00 e. The zero-order chi connectivity index (χ0) is 17.3. The molecule has 8 N–H and O–H groups in total. The molecule has 2 saturated heterocycles. The molecule has 0 unspecified atom stereocenters. The Hall–Kier alpha value is 0.326. The van der Waals surface area contributed by atoms with Gasteiger partial charge in [-0.3, -0.25) is 0 Å². The molecule has 0 aliphatic carbocycles. The Morgan fingerprint density at radius 3 is 1.83 bits per heavy atom. The number of ether oxygens (including phenoxy) is 3. The van der Waals surface area contributed by atoms with Crippen LogP contribution in [0.15, 0.2) is 0 Å². The minimum Gasteiger partial charge on any atom is -1.00 e. The van der Waals surface area contributed by atoms with E-state index in [1.807, 2.05) is 0 Å². The normalized spacial score (nSPS) is 49.5. The Morgan fingerprint density at radius 1 is 0.708 bits per heavy atom. The maximum Gasteiger partial charge on any atom is 2.00 e. The standard InChI is InChI=1S/C12H22O11.Mg.2H/c13-1-3-5(15)6(16)9(19)12(22-3)23-10-4(2-14)21-11(20)8(18)7(10)17;;;/h3-20H,1-2H2;;;/q;+2;2*-1/t3-,4-,5+,6+,7-,8-,9-,10-,11-,12+;;;/m1.../s1. The number of hydrogen-bond donors (Lipinski definition) is 8. The van der Waals surface area contributed by atoms with Crippen LogP contribution in [0.1, 0.15) is 2.85 Å². The topological polar surface area (TPSA) is 190 Å². The summed E-state index contributed by atoms with van der Waals surface area (Å²) in [4.78, 5) is 0. The Bertz CT molecular complexity index is 394. The third-order valence-electron chi connectivity index (χ3n) is 3.98. The van der Waals surface area contributed by atoms with Gasteiger partial charge < -0.3 is 57.9 Å². The maximum absolute atomic E-state index is 9.94. The second kappa shape index (κ2) is 9.32. The molecule has 10 atom stereocenters. The van der Waals surface area contributed by atoms with Gasteiger partial charge in [-0.15, -0.1) is 0 Å². The molecule has 140 valence electrons. The summed E-state index contributed by atoms with van der Waals surface area (Å²) in [5.41, 5.74) is 0. The maximum atomic E-state index is 9.94. The van der Waals surface area contributed by atoms with Crippen LogP contribution in [0.5, 0.6) is 0 Å². The van der Waals surface area contributed by atoms with Crippen molar-refractivity contribution >= 4 is 23.1 Å². The number of aliphatic hydroxyl groups is 8. The van der Waals surface area contributed by atoms with E-state index in [-0.39, 0.29) is 25.9 Å². The summed E-state index contributed by atoms with van der Waals surface area (Å²) in [5, 5.41) is 76.5. The summed E-state index contributed by atoms with van der Waals surface area (Å²) in [6.07, 6.45) is -15.6. The predicted octanol–water partition coefficient (Wildman–Crippen LogP) is -5.55. The molecule has 0 aromatic rings. The average molecular weight is 369 g/mol. The molecule has 2 heterocycles. The van der Waals surface area contributed by atoms with Gasteiger partial charge in [-0.1, -0.05) is 0 Å². The van der Waals surface area contributed by atoms with Gasteiger partial charge in [0.25, 0.3) is 0 Å². The van der Waals surface area contributed by atoms with E-state index in [0.29, 0.717) is 0 Å². The summed E-state index contributed by atoms with van der Waals surface area (Å²) in [6.45, 7) is -1.35. The van der Waals surface area contributed by atoms with Crippen LogP contribution in [0.2, 0.25) is 0 Å². The van der Waals surface area contributed by atoms with E-state index in [1.54, 1.807) is 0 Å². The molecule has 2 aliphatic rings. The average Bonchev–Trinajstić information content (AvgIpc) is 2.55. The van der Waals surface area contributed by atoms with Crippen LogP contribution >= 0.6 is 0 Å². The molecule has 0 bridgehead atoms. The first-order valence-electron chi connectivity index (χ1n) is 7.08. The Kier molecular flexibility index (Phi) is 8.68. The first kappa shape index (κ1) is 22.4. The fourth-order valence-electron chi connectivity index (χ4n) is 2.57. The SMILES string of the molecule is OC[C@H]1O[C@@H](O[C@H]2[C@H](O)[C@@H](O)[C@H](O)O[C@@H]2CO)[C@H](O)[C@@H](O)[C@H]1O.[H-].[H-].[Mg+2]. The number of rotatable bonds is 4. The number of aliphatic hydroxyl groups excluding tert-OH is 8. The second-order valence-corrected chi connectivity index (χ2v) is 5.53. The molecule has 2 rings (SSSR count). The van der Waals surface area contributed by atoms with Crippen molar-refractivity contribution in [2.75, 3.05) is 13.2 Å². The minimum absolute atomic E-state index is 0. The van der Waals surface area contributed by atoms with Crippen molar-refractivity contribution in [2.24, 2.45) is 0 Å². The summed E-state index contributed by atoms with van der Waals surface area (Å²) in [5.74, 6) is 0. The molecule has 12 heteroatoms. The second-order valence-electron chi connectivity index (χ2n) is 5.53. The van der Waals surface area contributed by atoms with Crippen LogP contribution in [0, 0.1) is 0 Å². The Labute approximate surface area is 156 Å². The molecule has 0 saturated carbocycles. The predicted molar refractivity (Wildman–Crippen MR) is 76.6 cm³/mol. The molecule has 2 aliphatic heterocycles. The largest absolute Gasteiger partial charge is 2.00 e. The fourth-order valence-corrected chi connectivity index (χ4v) is 2.57.